The Morgan fingerprint density at radius 2 is 1.98 bits per heavy atom. The van der Waals surface area contributed by atoms with Gasteiger partial charge in [-0.1, -0.05) is 23.3 Å². The molecule has 0 spiro atoms. The Morgan fingerprint density at radius 3 is 2.62 bits per heavy atom. The van der Waals surface area contributed by atoms with Gasteiger partial charge in [0.15, 0.2) is 23.2 Å². The van der Waals surface area contributed by atoms with Gasteiger partial charge in [-0.15, -0.1) is 0 Å². The van der Waals surface area contributed by atoms with Crippen molar-refractivity contribution in [2.45, 2.75) is 36.9 Å². The lowest BCUT2D eigenvalue weighted by atomic mass is 10.0. The topological polar surface area (TPSA) is 256 Å². The predicted molar refractivity (Wildman–Crippen MR) is 168 cm³/mol. The number of aliphatic hydroxyl groups excluding tert-OH is 2. The molecule has 0 radical (unpaired) electrons. The van der Waals surface area contributed by atoms with Crippen LogP contribution in [0.25, 0.3) is 21.6 Å². The van der Waals surface area contributed by atoms with Crippen LogP contribution in [0.15, 0.2) is 60.2 Å². The summed E-state index contributed by atoms with van der Waals surface area (Å²) >= 11 is 0. The summed E-state index contributed by atoms with van der Waals surface area (Å²) in [5.41, 5.74) is 8.99. The molecule has 1 aliphatic heterocycles. The van der Waals surface area contributed by atoms with Crippen molar-refractivity contribution in [3.8, 4) is 5.75 Å². The SMILES string of the molecule is COc1ccc(CC(NC(=O)c2ccc(N=[N+]=[N-])cc2[N+](=O)[O-])C(=O)NC2[C@@H](O)[C@H](n3cnc4c(N(C)C)ncnc43)O[C@@H]2CO)cc1. The summed E-state index contributed by atoms with van der Waals surface area (Å²) in [6, 6.07) is 7.47. The van der Waals surface area contributed by atoms with Crippen molar-refractivity contribution in [1.29, 1.82) is 0 Å². The number of amides is 2. The van der Waals surface area contributed by atoms with Crippen molar-refractivity contribution in [1.82, 2.24) is 30.2 Å². The summed E-state index contributed by atoms with van der Waals surface area (Å²) in [6.45, 7) is -0.581. The molecule has 1 aliphatic rings. The monoisotopic (exact) mass is 661 g/mol. The molecule has 2 amide bonds. The van der Waals surface area contributed by atoms with Crippen LogP contribution in [0.2, 0.25) is 0 Å². The maximum Gasteiger partial charge on any atom is 0.282 e. The van der Waals surface area contributed by atoms with Crippen molar-refractivity contribution in [3.05, 3.63) is 86.8 Å². The molecule has 2 aromatic carbocycles. The first-order valence-electron chi connectivity index (χ1n) is 14.4. The number of carbonyl (C=O) groups is 2. The molecule has 250 valence electrons. The molecule has 2 unspecified atom stereocenters. The van der Waals surface area contributed by atoms with Gasteiger partial charge in [-0.3, -0.25) is 24.3 Å². The molecule has 4 aromatic rings. The maximum atomic E-state index is 13.9. The Bertz CT molecular complexity index is 1880. The Kier molecular flexibility index (Phi) is 9.95. The van der Waals surface area contributed by atoms with Gasteiger partial charge in [0.1, 0.15) is 35.9 Å². The largest absolute Gasteiger partial charge is 0.497 e. The van der Waals surface area contributed by atoms with Gasteiger partial charge in [0.2, 0.25) is 5.91 Å². The van der Waals surface area contributed by atoms with E-state index in [1.54, 1.807) is 43.3 Å². The molecule has 4 N–H and O–H groups in total. The molecule has 0 saturated carbocycles. The van der Waals surface area contributed by atoms with Gasteiger partial charge < -0.3 is 35.2 Å². The van der Waals surface area contributed by atoms with E-state index in [2.05, 4.69) is 35.6 Å². The Morgan fingerprint density at radius 1 is 1.23 bits per heavy atom. The Hall–Kier alpha value is -5.88. The highest BCUT2D eigenvalue weighted by Gasteiger charge is 2.46. The molecule has 19 heteroatoms. The normalized spacial score (nSPS) is 19.3. The van der Waals surface area contributed by atoms with E-state index in [0.29, 0.717) is 28.3 Å². The summed E-state index contributed by atoms with van der Waals surface area (Å²) < 4.78 is 12.6. The number of rotatable bonds is 12. The first-order chi connectivity index (χ1) is 23.1. The number of anilines is 1. The van der Waals surface area contributed by atoms with E-state index in [1.165, 1.54) is 30.4 Å². The molecule has 1 fully saturated rings. The van der Waals surface area contributed by atoms with Crippen LogP contribution in [0.3, 0.4) is 0 Å². The number of ether oxygens (including phenoxy) is 2. The molecule has 0 bridgehead atoms. The lowest BCUT2D eigenvalue weighted by Crippen LogP contribution is -2.55. The second-order valence-electron chi connectivity index (χ2n) is 10.9. The lowest BCUT2D eigenvalue weighted by Gasteiger charge is -2.25. The third-order valence-electron chi connectivity index (χ3n) is 7.70. The zero-order valence-electron chi connectivity index (χ0n) is 25.9. The summed E-state index contributed by atoms with van der Waals surface area (Å²) in [6.07, 6.45) is -0.929. The molecule has 2 aromatic heterocycles. The fourth-order valence-corrected chi connectivity index (χ4v) is 5.34. The van der Waals surface area contributed by atoms with Crippen LogP contribution in [0.4, 0.5) is 17.2 Å². The first-order valence-corrected chi connectivity index (χ1v) is 14.4. The number of azide groups is 1. The zero-order chi connectivity index (χ0) is 34.5. The molecule has 5 atom stereocenters. The summed E-state index contributed by atoms with van der Waals surface area (Å²) in [5.74, 6) is -0.645. The number of hydrogen-bond donors (Lipinski definition) is 4. The molecular formula is C29H31N11O8. The minimum atomic E-state index is -1.41. The number of aromatic nitrogens is 4. The van der Waals surface area contributed by atoms with E-state index in [-0.39, 0.29) is 17.7 Å². The molecule has 5 rings (SSSR count). The van der Waals surface area contributed by atoms with Gasteiger partial charge in [-0.2, -0.15) is 0 Å². The van der Waals surface area contributed by atoms with Crippen LogP contribution < -0.4 is 20.3 Å². The van der Waals surface area contributed by atoms with Crippen molar-refractivity contribution in [2.75, 3.05) is 32.7 Å². The molecule has 48 heavy (non-hydrogen) atoms. The van der Waals surface area contributed by atoms with E-state index < -0.39 is 59.6 Å². The van der Waals surface area contributed by atoms with E-state index >= 15 is 0 Å². The standard InChI is InChI=1S/C29H31N11O8/c1-38(2)25-23-26(32-13-31-25)39(14-33-23)29-24(42)22(21(12-41)48-29)35-28(44)19(10-15-4-7-17(47-3)8-5-15)34-27(43)18-9-6-16(36-37-30)11-20(18)40(45)46/h4-9,11,13-14,19,21-22,24,29,41-42H,10,12H2,1-3H3,(H,34,43)(H,35,44)/t19?,21-,22?,24-,29-/m1/s1. The number of benzene rings is 2. The van der Waals surface area contributed by atoms with Crippen LogP contribution in [-0.4, -0.2) is 98.6 Å². The fraction of sp³-hybridized carbons (Fsp3) is 0.345. The van der Waals surface area contributed by atoms with Gasteiger partial charge in [0.05, 0.1) is 31.0 Å². The average molecular weight is 662 g/mol. The number of carbonyl (C=O) groups excluding carboxylic acids is 2. The van der Waals surface area contributed by atoms with Crippen LogP contribution in [0.1, 0.15) is 22.1 Å². The van der Waals surface area contributed by atoms with E-state index in [9.17, 15) is 29.9 Å². The smallest absolute Gasteiger partial charge is 0.282 e. The lowest BCUT2D eigenvalue weighted by molar-refractivity contribution is -0.385. The van der Waals surface area contributed by atoms with Crippen molar-refractivity contribution >= 4 is 40.2 Å². The number of imidazole rings is 1. The molecule has 1 saturated heterocycles. The minimum absolute atomic E-state index is 0.0700. The zero-order valence-corrected chi connectivity index (χ0v) is 25.9. The minimum Gasteiger partial charge on any atom is -0.497 e. The number of hydrogen-bond acceptors (Lipinski definition) is 13. The average Bonchev–Trinajstić information content (AvgIpc) is 3.64. The molecular weight excluding hydrogens is 630 g/mol. The van der Waals surface area contributed by atoms with Gasteiger partial charge >= 0.3 is 0 Å². The van der Waals surface area contributed by atoms with Crippen molar-refractivity contribution in [2.24, 2.45) is 5.11 Å². The van der Waals surface area contributed by atoms with Crippen molar-refractivity contribution < 1.29 is 34.2 Å². The van der Waals surface area contributed by atoms with E-state index in [1.807, 2.05) is 0 Å². The third kappa shape index (κ3) is 6.79. The summed E-state index contributed by atoms with van der Waals surface area (Å²) in [7, 11) is 5.06. The second-order valence-corrected chi connectivity index (χ2v) is 10.9. The highest BCUT2D eigenvalue weighted by atomic mass is 16.6. The Balaban J connectivity index is 1.43. The van der Waals surface area contributed by atoms with Crippen molar-refractivity contribution in [3.63, 3.8) is 0 Å². The number of methoxy groups -OCH3 is 1. The van der Waals surface area contributed by atoms with Crippen LogP contribution in [-0.2, 0) is 16.0 Å². The van der Waals surface area contributed by atoms with Crippen LogP contribution in [0.5, 0.6) is 5.75 Å². The number of nitro benzene ring substituents is 1. The van der Waals surface area contributed by atoms with Crippen LogP contribution >= 0.6 is 0 Å². The molecule has 3 heterocycles. The van der Waals surface area contributed by atoms with E-state index in [0.717, 1.165) is 12.1 Å². The van der Waals surface area contributed by atoms with E-state index in [4.69, 9.17) is 15.0 Å². The predicted octanol–water partition coefficient (Wildman–Crippen LogP) is 1.53. The highest BCUT2D eigenvalue weighted by molar-refractivity contribution is 6.01. The number of fused-ring (bicyclic) bond motifs is 1. The molecule has 19 nitrogen and oxygen atoms in total. The molecule has 0 aliphatic carbocycles. The maximum absolute atomic E-state index is 13.9. The van der Waals surface area contributed by atoms with Gasteiger partial charge in [0.25, 0.3) is 11.6 Å². The number of nitrogens with one attached hydrogen (secondary N) is 2. The van der Waals surface area contributed by atoms with Gasteiger partial charge in [-0.05, 0) is 29.3 Å². The second kappa shape index (κ2) is 14.3. The Labute approximate surface area is 271 Å². The quantitative estimate of drug-likeness (QED) is 0.0554. The first kappa shape index (κ1) is 33.5. The number of nitro groups is 1. The van der Waals surface area contributed by atoms with Gasteiger partial charge in [-0.25, -0.2) is 15.0 Å². The summed E-state index contributed by atoms with van der Waals surface area (Å²) in [4.78, 5) is 55.4. The summed E-state index contributed by atoms with van der Waals surface area (Å²) in [5, 5.41) is 41.9. The highest BCUT2D eigenvalue weighted by Crippen LogP contribution is 2.33. The van der Waals surface area contributed by atoms with Gasteiger partial charge in [0, 0.05) is 37.2 Å². The van der Waals surface area contributed by atoms with Crippen LogP contribution in [0, 0.1) is 10.1 Å². The number of nitrogens with zero attached hydrogens (tertiary/aromatic N) is 9. The fourth-order valence-electron chi connectivity index (χ4n) is 5.34. The number of aliphatic hydroxyl groups is 2. The third-order valence-corrected chi connectivity index (χ3v) is 7.70.